The molecule has 0 aliphatic rings. The van der Waals surface area contributed by atoms with Gasteiger partial charge in [-0.3, -0.25) is 4.79 Å². The number of nitrogens with zero attached hydrogens (tertiary/aromatic N) is 2. The van der Waals surface area contributed by atoms with Gasteiger partial charge in [0.1, 0.15) is 12.4 Å². The van der Waals surface area contributed by atoms with Gasteiger partial charge in [-0.1, -0.05) is 29.8 Å². The first-order valence-corrected chi connectivity index (χ1v) is 11.5. The van der Waals surface area contributed by atoms with Crippen LogP contribution in [0.5, 0.6) is 0 Å². The summed E-state index contributed by atoms with van der Waals surface area (Å²) in [7, 11) is 0. The second-order valence-corrected chi connectivity index (χ2v) is 9.08. The van der Waals surface area contributed by atoms with Crippen LogP contribution in [0.25, 0.3) is 0 Å². The third-order valence-corrected chi connectivity index (χ3v) is 5.96. The highest BCUT2D eigenvalue weighted by atomic mass is 35.5. The Hall–Kier alpha value is -2.90. The highest BCUT2D eigenvalue weighted by Gasteiger charge is 2.24. The number of thiophene rings is 1. The smallest absolute Gasteiger partial charge is 0.322 e. The summed E-state index contributed by atoms with van der Waals surface area (Å²) in [6, 6.07) is 16.2. The maximum absolute atomic E-state index is 13.3. The van der Waals surface area contributed by atoms with Gasteiger partial charge >= 0.3 is 6.03 Å². The quantitative estimate of drug-likeness (QED) is 0.435. The molecule has 0 fully saturated rings. The van der Waals surface area contributed by atoms with Crippen molar-refractivity contribution in [2.45, 2.75) is 33.0 Å². The van der Waals surface area contributed by atoms with Crippen molar-refractivity contribution >= 4 is 40.6 Å². The molecule has 1 aromatic heterocycles. The van der Waals surface area contributed by atoms with Crippen molar-refractivity contribution in [1.82, 2.24) is 9.80 Å². The first-order valence-electron chi connectivity index (χ1n) is 10.2. The van der Waals surface area contributed by atoms with Gasteiger partial charge in [0.2, 0.25) is 5.91 Å². The Kier molecular flexibility index (Phi) is 8.25. The Bertz CT molecular complexity index is 1020. The van der Waals surface area contributed by atoms with Crippen LogP contribution in [0.1, 0.15) is 24.3 Å². The van der Waals surface area contributed by atoms with Crippen molar-refractivity contribution in [3.63, 3.8) is 0 Å². The summed E-state index contributed by atoms with van der Waals surface area (Å²) < 4.78 is 13.3. The second kappa shape index (κ2) is 11.1. The molecule has 3 amide bonds. The van der Waals surface area contributed by atoms with Crippen molar-refractivity contribution in [2.24, 2.45) is 0 Å². The third-order valence-electron chi connectivity index (χ3n) is 4.85. The number of nitrogens with one attached hydrogen (secondary N) is 1. The predicted octanol–water partition coefficient (Wildman–Crippen LogP) is 6.01. The minimum atomic E-state index is -0.367. The Morgan fingerprint density at radius 2 is 1.72 bits per heavy atom. The van der Waals surface area contributed by atoms with Crippen LogP contribution in [0.15, 0.2) is 66.0 Å². The molecule has 0 aliphatic heterocycles. The lowest BCUT2D eigenvalue weighted by atomic mass is 10.2. The molecular weight excluding hydrogens is 449 g/mol. The first-order chi connectivity index (χ1) is 15.3. The second-order valence-electron chi connectivity index (χ2n) is 7.61. The summed E-state index contributed by atoms with van der Waals surface area (Å²) in [6.07, 6.45) is 0. The number of rotatable bonds is 8. The Labute approximate surface area is 196 Å². The fraction of sp³-hybridized carbons (Fsp3) is 0.250. The maximum atomic E-state index is 13.3. The fourth-order valence-electron chi connectivity index (χ4n) is 3.10. The fourth-order valence-corrected chi connectivity index (χ4v) is 3.94. The molecule has 0 atom stereocenters. The molecule has 3 aromatic rings. The lowest BCUT2D eigenvalue weighted by molar-refractivity contribution is -0.133. The van der Waals surface area contributed by atoms with Gasteiger partial charge < -0.3 is 15.1 Å². The average molecular weight is 474 g/mol. The zero-order chi connectivity index (χ0) is 23.1. The van der Waals surface area contributed by atoms with Gasteiger partial charge in [0.15, 0.2) is 0 Å². The Morgan fingerprint density at radius 3 is 2.31 bits per heavy atom. The highest BCUT2D eigenvalue weighted by molar-refractivity contribution is 7.09. The van der Waals surface area contributed by atoms with Gasteiger partial charge in [-0.2, -0.15) is 0 Å². The monoisotopic (exact) mass is 473 g/mol. The molecule has 0 aliphatic carbocycles. The van der Waals surface area contributed by atoms with E-state index in [1.54, 1.807) is 52.6 Å². The first kappa shape index (κ1) is 23.8. The molecule has 2 aromatic carbocycles. The van der Waals surface area contributed by atoms with Crippen LogP contribution in [0.4, 0.5) is 14.9 Å². The largest absolute Gasteiger partial charge is 0.332 e. The van der Waals surface area contributed by atoms with Crippen molar-refractivity contribution in [3.05, 3.63) is 87.3 Å². The van der Waals surface area contributed by atoms with Crippen LogP contribution in [-0.2, 0) is 17.9 Å². The maximum Gasteiger partial charge on any atom is 0.322 e. The summed E-state index contributed by atoms with van der Waals surface area (Å²) in [6.45, 7) is 4.38. The van der Waals surface area contributed by atoms with Gasteiger partial charge in [0.25, 0.3) is 0 Å². The molecule has 0 unspecified atom stereocenters. The molecule has 32 heavy (non-hydrogen) atoms. The van der Waals surface area contributed by atoms with Crippen LogP contribution in [0.3, 0.4) is 0 Å². The predicted molar refractivity (Wildman–Crippen MR) is 127 cm³/mol. The zero-order valence-corrected chi connectivity index (χ0v) is 19.5. The molecule has 0 radical (unpaired) electrons. The number of urea groups is 1. The van der Waals surface area contributed by atoms with Crippen LogP contribution < -0.4 is 5.32 Å². The van der Waals surface area contributed by atoms with E-state index in [1.165, 1.54) is 17.0 Å². The number of carbonyl (C=O) groups excluding carboxylic acids is 2. The van der Waals surface area contributed by atoms with Crippen LogP contribution in [0, 0.1) is 5.82 Å². The lowest BCUT2D eigenvalue weighted by Crippen LogP contribution is -2.47. The molecule has 1 N–H and O–H groups in total. The van der Waals surface area contributed by atoms with E-state index >= 15 is 0 Å². The number of amides is 3. The van der Waals surface area contributed by atoms with Crippen molar-refractivity contribution in [3.8, 4) is 0 Å². The number of carbonyl (C=O) groups is 2. The average Bonchev–Trinajstić information content (AvgIpc) is 3.27. The van der Waals surface area contributed by atoms with E-state index in [-0.39, 0.29) is 30.3 Å². The molecular formula is C24H25ClFN3O2S. The van der Waals surface area contributed by atoms with Crippen LogP contribution in [0.2, 0.25) is 5.02 Å². The molecule has 3 rings (SSSR count). The van der Waals surface area contributed by atoms with E-state index in [2.05, 4.69) is 5.32 Å². The van der Waals surface area contributed by atoms with E-state index in [9.17, 15) is 14.0 Å². The summed E-state index contributed by atoms with van der Waals surface area (Å²) >= 11 is 7.46. The molecule has 1 heterocycles. The van der Waals surface area contributed by atoms with Gasteiger partial charge in [-0.05, 0) is 67.3 Å². The molecule has 5 nitrogen and oxygen atoms in total. The SMILES string of the molecule is CC(C)N(CC(=O)N(Cc1ccc(F)cc1)Cc1cccs1)C(=O)Nc1ccc(Cl)cc1. The normalized spacial score (nSPS) is 10.8. The minimum Gasteiger partial charge on any atom is -0.332 e. The van der Waals surface area contributed by atoms with Crippen molar-refractivity contribution < 1.29 is 14.0 Å². The van der Waals surface area contributed by atoms with E-state index in [4.69, 9.17) is 11.6 Å². The highest BCUT2D eigenvalue weighted by Crippen LogP contribution is 2.17. The summed E-state index contributed by atoms with van der Waals surface area (Å²) in [5, 5.41) is 5.34. The zero-order valence-electron chi connectivity index (χ0n) is 17.9. The number of halogens is 2. The Morgan fingerprint density at radius 1 is 1.03 bits per heavy atom. The van der Waals surface area contributed by atoms with Gasteiger partial charge in [-0.15, -0.1) is 11.3 Å². The molecule has 0 saturated heterocycles. The van der Waals surface area contributed by atoms with Gasteiger partial charge in [0, 0.05) is 28.2 Å². The summed E-state index contributed by atoms with van der Waals surface area (Å²) in [5.74, 6) is -0.516. The molecule has 8 heteroatoms. The lowest BCUT2D eigenvalue weighted by Gasteiger charge is -2.30. The summed E-state index contributed by atoms with van der Waals surface area (Å²) in [5.41, 5.74) is 1.41. The van der Waals surface area contributed by atoms with Gasteiger partial charge in [0.05, 0.1) is 6.54 Å². The van der Waals surface area contributed by atoms with E-state index < -0.39 is 0 Å². The molecule has 0 bridgehead atoms. The van der Waals surface area contributed by atoms with Crippen LogP contribution in [-0.4, -0.2) is 34.3 Å². The Balaban J connectivity index is 1.74. The van der Waals surface area contributed by atoms with Crippen molar-refractivity contribution in [2.75, 3.05) is 11.9 Å². The topological polar surface area (TPSA) is 52.7 Å². The van der Waals surface area contributed by atoms with Crippen molar-refractivity contribution in [1.29, 1.82) is 0 Å². The van der Waals surface area contributed by atoms with E-state index in [1.807, 2.05) is 31.4 Å². The molecule has 0 saturated carbocycles. The molecule has 0 spiro atoms. The minimum absolute atomic E-state index is 0.0797. The van der Waals surface area contributed by atoms with Crippen LogP contribution >= 0.6 is 22.9 Å². The molecule has 168 valence electrons. The standard InChI is InChI=1S/C24H25ClFN3O2S/c1-17(2)29(24(31)27-21-11-7-19(25)8-12-21)16-23(30)28(15-22-4-3-13-32-22)14-18-5-9-20(26)10-6-18/h3-13,17H,14-16H2,1-2H3,(H,27,31). The number of anilines is 1. The number of hydrogen-bond acceptors (Lipinski definition) is 3. The van der Waals surface area contributed by atoms with E-state index in [0.717, 1.165) is 10.4 Å². The van der Waals surface area contributed by atoms with E-state index in [0.29, 0.717) is 23.8 Å². The summed E-state index contributed by atoms with van der Waals surface area (Å²) in [4.78, 5) is 30.4. The third kappa shape index (κ3) is 6.80. The van der Waals surface area contributed by atoms with Gasteiger partial charge in [-0.25, -0.2) is 9.18 Å². The number of hydrogen-bond donors (Lipinski definition) is 1. The number of benzene rings is 2.